The highest BCUT2D eigenvalue weighted by Gasteiger charge is 2.76. The van der Waals surface area contributed by atoms with Crippen molar-refractivity contribution in [3.05, 3.63) is 0 Å². The van der Waals surface area contributed by atoms with Crippen molar-refractivity contribution in [3.8, 4) is 12.3 Å². The Morgan fingerprint density at radius 2 is 1.85 bits per heavy atom. The normalized spacial score (nSPS) is 42.0. The molecule has 0 amide bonds. The second kappa shape index (κ2) is 8.50. The fourth-order valence-corrected chi connectivity index (χ4v) is 7.14. The SMILES string of the molecule is C#CCC[C@@]1(C)C(=O)CC[C@H]2[C@@H]3CC[C@](OC(C)=O)(C(=O)COC(C)=O)[C@@]3(C)C[C@H](O)[C@@]21F. The first-order valence-corrected chi connectivity index (χ1v) is 11.5. The van der Waals surface area contributed by atoms with Gasteiger partial charge < -0.3 is 14.6 Å². The molecule has 3 rings (SSSR count). The van der Waals surface area contributed by atoms with Crippen LogP contribution in [0.3, 0.4) is 0 Å². The van der Waals surface area contributed by atoms with E-state index in [1.807, 2.05) is 0 Å². The van der Waals surface area contributed by atoms with Crippen molar-refractivity contribution in [2.45, 2.75) is 90.0 Å². The number of Topliss-reactive ketones (excluding diaryl/α,β-unsaturated/α-hetero) is 2. The molecule has 0 radical (unpaired) electrons. The van der Waals surface area contributed by atoms with Gasteiger partial charge in [0.25, 0.3) is 0 Å². The summed E-state index contributed by atoms with van der Waals surface area (Å²) >= 11 is 0. The van der Waals surface area contributed by atoms with E-state index in [1.54, 1.807) is 13.8 Å². The van der Waals surface area contributed by atoms with Crippen LogP contribution >= 0.6 is 0 Å². The first-order valence-electron chi connectivity index (χ1n) is 11.5. The van der Waals surface area contributed by atoms with E-state index in [-0.39, 0.29) is 44.3 Å². The Morgan fingerprint density at radius 1 is 1.18 bits per heavy atom. The van der Waals surface area contributed by atoms with Crippen molar-refractivity contribution in [1.29, 1.82) is 0 Å². The average molecular weight is 465 g/mol. The Labute approximate surface area is 193 Å². The van der Waals surface area contributed by atoms with E-state index >= 15 is 4.39 Å². The van der Waals surface area contributed by atoms with E-state index in [9.17, 15) is 24.3 Å². The zero-order valence-electron chi connectivity index (χ0n) is 19.7. The van der Waals surface area contributed by atoms with Crippen LogP contribution in [0.15, 0.2) is 0 Å². The van der Waals surface area contributed by atoms with Gasteiger partial charge in [-0.25, -0.2) is 4.39 Å². The minimum Gasteiger partial charge on any atom is -0.458 e. The van der Waals surface area contributed by atoms with Crippen LogP contribution in [0.5, 0.6) is 0 Å². The number of ketones is 2. The van der Waals surface area contributed by atoms with Gasteiger partial charge in [0.05, 0.1) is 11.5 Å². The van der Waals surface area contributed by atoms with Crippen molar-refractivity contribution in [1.82, 2.24) is 0 Å². The number of ether oxygens (including phenoxy) is 2. The maximum Gasteiger partial charge on any atom is 0.303 e. The Morgan fingerprint density at radius 3 is 2.42 bits per heavy atom. The second-order valence-corrected chi connectivity index (χ2v) is 10.3. The number of esters is 2. The number of hydrogen-bond donors (Lipinski definition) is 1. The van der Waals surface area contributed by atoms with Crippen LogP contribution in [0.25, 0.3) is 0 Å². The molecular formula is C25H33FO7. The maximum atomic E-state index is 17.0. The molecule has 0 heterocycles. The van der Waals surface area contributed by atoms with Gasteiger partial charge in [-0.2, -0.15) is 0 Å². The molecule has 0 spiro atoms. The number of hydrogen-bond acceptors (Lipinski definition) is 7. The Hall–Kier alpha value is -2.27. The van der Waals surface area contributed by atoms with Crippen LogP contribution in [-0.2, 0) is 28.7 Å². The van der Waals surface area contributed by atoms with Crippen LogP contribution in [0.1, 0.15) is 72.6 Å². The van der Waals surface area contributed by atoms with Crippen molar-refractivity contribution in [3.63, 3.8) is 0 Å². The minimum absolute atomic E-state index is 0.121. The lowest BCUT2D eigenvalue weighted by atomic mass is 9.45. The number of alkyl halides is 1. The van der Waals surface area contributed by atoms with E-state index in [0.29, 0.717) is 6.42 Å². The van der Waals surface area contributed by atoms with Gasteiger partial charge in [-0.1, -0.05) is 6.92 Å². The monoisotopic (exact) mass is 464 g/mol. The lowest BCUT2D eigenvalue weighted by Gasteiger charge is -2.61. The van der Waals surface area contributed by atoms with E-state index in [2.05, 4.69) is 5.92 Å². The highest BCUT2D eigenvalue weighted by Crippen LogP contribution is 2.69. The van der Waals surface area contributed by atoms with Gasteiger partial charge in [-0.15, -0.1) is 12.3 Å². The Kier molecular flexibility index (Phi) is 6.53. The molecule has 0 aromatic heterocycles. The zero-order chi connectivity index (χ0) is 24.8. The Balaban J connectivity index is 2.08. The highest BCUT2D eigenvalue weighted by molar-refractivity contribution is 5.93. The van der Waals surface area contributed by atoms with Gasteiger partial charge in [-0.05, 0) is 44.9 Å². The number of fused-ring (bicyclic) bond motifs is 3. The largest absolute Gasteiger partial charge is 0.458 e. The molecule has 0 bridgehead atoms. The van der Waals surface area contributed by atoms with E-state index < -0.39 is 64.4 Å². The average Bonchev–Trinajstić information content (AvgIpc) is 3.01. The molecule has 0 unspecified atom stereocenters. The van der Waals surface area contributed by atoms with Crippen molar-refractivity contribution < 1.29 is 38.1 Å². The number of rotatable bonds is 6. The highest BCUT2D eigenvalue weighted by atomic mass is 19.1. The molecule has 3 fully saturated rings. The molecule has 8 heteroatoms. The molecule has 0 aliphatic heterocycles. The molecule has 3 saturated carbocycles. The Bertz CT molecular complexity index is 909. The second-order valence-electron chi connectivity index (χ2n) is 10.3. The van der Waals surface area contributed by atoms with Crippen LogP contribution < -0.4 is 0 Å². The van der Waals surface area contributed by atoms with Crippen LogP contribution in [0, 0.1) is 35.0 Å². The van der Waals surface area contributed by atoms with E-state index in [0.717, 1.165) is 0 Å². The molecule has 182 valence electrons. The number of carbonyl (C=O) groups excluding carboxylic acids is 4. The third-order valence-corrected chi connectivity index (χ3v) is 8.76. The standard InChI is InChI=1S/C25H33FO7/c1-6-7-11-22(4)19(29)9-8-18-17-10-12-24(33-16(3)28,21(31)14-32-15(2)27)23(17,5)13-20(30)25(18,22)26/h1,17-18,20,30H,7-14H2,2-5H3/t17-,18-,20-,22-,23-,24-,25-/m0/s1. The van der Waals surface area contributed by atoms with Gasteiger partial charge in [0.1, 0.15) is 5.78 Å². The number of aliphatic hydroxyl groups is 1. The number of aliphatic hydroxyl groups excluding tert-OH is 1. The summed E-state index contributed by atoms with van der Waals surface area (Å²) < 4.78 is 27.6. The summed E-state index contributed by atoms with van der Waals surface area (Å²) in [7, 11) is 0. The smallest absolute Gasteiger partial charge is 0.303 e. The van der Waals surface area contributed by atoms with Crippen molar-refractivity contribution >= 4 is 23.5 Å². The van der Waals surface area contributed by atoms with Gasteiger partial charge in [0.15, 0.2) is 17.9 Å². The van der Waals surface area contributed by atoms with E-state index in [1.165, 1.54) is 13.8 Å². The molecule has 33 heavy (non-hydrogen) atoms. The molecule has 3 aliphatic rings. The molecule has 3 aliphatic carbocycles. The van der Waals surface area contributed by atoms with Gasteiger partial charge in [0.2, 0.25) is 5.78 Å². The summed E-state index contributed by atoms with van der Waals surface area (Å²) in [6.45, 7) is 5.06. The molecule has 1 N–H and O–H groups in total. The van der Waals surface area contributed by atoms with E-state index in [4.69, 9.17) is 15.9 Å². The fourth-order valence-electron chi connectivity index (χ4n) is 7.14. The summed E-state index contributed by atoms with van der Waals surface area (Å²) in [5.41, 5.74) is -6.41. The molecule has 7 atom stereocenters. The summed E-state index contributed by atoms with van der Waals surface area (Å²) in [6, 6.07) is 0. The lowest BCUT2D eigenvalue weighted by Crippen LogP contribution is -2.71. The first-order chi connectivity index (χ1) is 15.3. The predicted octanol–water partition coefficient (Wildman–Crippen LogP) is 2.71. The third kappa shape index (κ3) is 3.51. The fraction of sp³-hybridized carbons (Fsp3) is 0.760. The zero-order valence-corrected chi connectivity index (χ0v) is 19.7. The maximum absolute atomic E-state index is 17.0. The van der Waals surface area contributed by atoms with Crippen molar-refractivity contribution in [2.24, 2.45) is 22.7 Å². The molecule has 0 aromatic rings. The summed E-state index contributed by atoms with van der Waals surface area (Å²) in [5.74, 6) is -0.846. The summed E-state index contributed by atoms with van der Waals surface area (Å²) in [6.07, 6.45) is 4.86. The molecule has 0 aromatic carbocycles. The third-order valence-electron chi connectivity index (χ3n) is 8.76. The van der Waals surface area contributed by atoms with Gasteiger partial charge in [-0.3, -0.25) is 19.2 Å². The predicted molar refractivity (Wildman–Crippen MR) is 115 cm³/mol. The topological polar surface area (TPSA) is 107 Å². The van der Waals surface area contributed by atoms with Crippen LogP contribution in [-0.4, -0.2) is 52.6 Å². The van der Waals surface area contributed by atoms with Crippen molar-refractivity contribution in [2.75, 3.05) is 6.61 Å². The molecule has 0 saturated heterocycles. The molecule has 7 nitrogen and oxygen atoms in total. The number of carbonyl (C=O) groups is 4. The van der Waals surface area contributed by atoms with Gasteiger partial charge >= 0.3 is 11.9 Å². The summed E-state index contributed by atoms with van der Waals surface area (Å²) in [4.78, 5) is 49.6. The number of terminal acetylenes is 1. The van der Waals surface area contributed by atoms with Gasteiger partial charge in [0, 0.05) is 38.0 Å². The minimum atomic E-state index is -2.21. The number of halogens is 1. The van der Waals surface area contributed by atoms with Crippen LogP contribution in [0.2, 0.25) is 0 Å². The quantitative estimate of drug-likeness (QED) is 0.476. The lowest BCUT2D eigenvalue weighted by molar-refractivity contribution is -0.236. The molecular weight excluding hydrogens is 431 g/mol. The van der Waals surface area contributed by atoms with Crippen LogP contribution in [0.4, 0.5) is 4.39 Å². The first kappa shape index (κ1) is 25.4. The summed E-state index contributed by atoms with van der Waals surface area (Å²) in [5, 5.41) is 11.3.